The van der Waals surface area contributed by atoms with Crippen LogP contribution >= 0.6 is 11.3 Å². The quantitative estimate of drug-likeness (QED) is 0.831. The molecule has 0 aromatic carbocycles. The van der Waals surface area contributed by atoms with Gasteiger partial charge in [-0.05, 0) is 23.9 Å². The summed E-state index contributed by atoms with van der Waals surface area (Å²) in [6.45, 7) is 5.82. The van der Waals surface area contributed by atoms with Crippen molar-refractivity contribution >= 4 is 21.6 Å². The first kappa shape index (κ1) is 14.2. The standard InChI is InChI=1S/C13H19N3O2S/c1-9(2)5-14-6-10(17)7-16-8-15-12-11(13(16)18)3-4-19-12/h3-4,8-10,14,17H,5-7H2,1-2H3. The summed E-state index contributed by atoms with van der Waals surface area (Å²) in [5.74, 6) is 0.541. The van der Waals surface area contributed by atoms with Crippen LogP contribution in [0.15, 0.2) is 22.6 Å². The van der Waals surface area contributed by atoms with Crippen molar-refractivity contribution in [3.63, 3.8) is 0 Å². The molecular weight excluding hydrogens is 262 g/mol. The van der Waals surface area contributed by atoms with Crippen molar-refractivity contribution in [2.45, 2.75) is 26.5 Å². The zero-order valence-corrected chi connectivity index (χ0v) is 12.0. The molecule has 0 aliphatic heterocycles. The Morgan fingerprint density at radius 2 is 2.26 bits per heavy atom. The molecule has 2 aromatic heterocycles. The Morgan fingerprint density at radius 3 is 3.00 bits per heavy atom. The highest BCUT2D eigenvalue weighted by atomic mass is 32.1. The lowest BCUT2D eigenvalue weighted by atomic mass is 10.2. The SMILES string of the molecule is CC(C)CNCC(O)Cn1cnc2sccc2c1=O. The highest BCUT2D eigenvalue weighted by Crippen LogP contribution is 2.13. The Hall–Kier alpha value is -1.24. The Balaban J connectivity index is 2.00. The van der Waals surface area contributed by atoms with Gasteiger partial charge in [-0.1, -0.05) is 13.8 Å². The van der Waals surface area contributed by atoms with E-state index in [1.165, 1.54) is 22.2 Å². The van der Waals surface area contributed by atoms with Crippen molar-refractivity contribution < 1.29 is 5.11 Å². The lowest BCUT2D eigenvalue weighted by Gasteiger charge is -2.14. The minimum atomic E-state index is -0.589. The number of aliphatic hydroxyl groups is 1. The van der Waals surface area contributed by atoms with Gasteiger partial charge < -0.3 is 10.4 Å². The van der Waals surface area contributed by atoms with Gasteiger partial charge in [0, 0.05) is 6.54 Å². The van der Waals surface area contributed by atoms with Gasteiger partial charge in [0.25, 0.3) is 5.56 Å². The molecule has 0 bridgehead atoms. The van der Waals surface area contributed by atoms with Crippen molar-refractivity contribution in [3.8, 4) is 0 Å². The summed E-state index contributed by atoms with van der Waals surface area (Å²) in [6.07, 6.45) is 0.918. The van der Waals surface area contributed by atoms with Gasteiger partial charge in [-0.15, -0.1) is 11.3 Å². The second kappa shape index (κ2) is 6.27. The van der Waals surface area contributed by atoms with Crippen molar-refractivity contribution in [2.75, 3.05) is 13.1 Å². The molecule has 104 valence electrons. The topological polar surface area (TPSA) is 67.2 Å². The average Bonchev–Trinajstić information content (AvgIpc) is 2.81. The van der Waals surface area contributed by atoms with Crippen LogP contribution in [0.1, 0.15) is 13.8 Å². The van der Waals surface area contributed by atoms with Crippen molar-refractivity contribution in [1.82, 2.24) is 14.9 Å². The monoisotopic (exact) mass is 281 g/mol. The minimum Gasteiger partial charge on any atom is -0.390 e. The maximum atomic E-state index is 12.1. The third-order valence-electron chi connectivity index (χ3n) is 2.79. The van der Waals surface area contributed by atoms with Gasteiger partial charge >= 0.3 is 0 Å². The van der Waals surface area contributed by atoms with Crippen molar-refractivity contribution in [2.24, 2.45) is 5.92 Å². The normalized spacial score (nSPS) is 13.3. The molecule has 0 saturated carbocycles. The van der Waals surface area contributed by atoms with Crippen LogP contribution in [0, 0.1) is 5.92 Å². The lowest BCUT2D eigenvalue weighted by molar-refractivity contribution is 0.149. The summed E-state index contributed by atoms with van der Waals surface area (Å²) in [6, 6.07) is 1.77. The Kier molecular flexibility index (Phi) is 4.68. The molecule has 0 saturated heterocycles. The number of rotatable bonds is 6. The fourth-order valence-corrected chi connectivity index (χ4v) is 2.58. The maximum Gasteiger partial charge on any atom is 0.262 e. The Bertz CT molecular complexity index is 591. The predicted octanol–water partition coefficient (Wildman–Crippen LogP) is 1.06. The number of thiophene rings is 1. The van der Waals surface area contributed by atoms with Crippen LogP contribution in [0.2, 0.25) is 0 Å². The van der Waals surface area contributed by atoms with E-state index in [1.807, 2.05) is 5.38 Å². The van der Waals surface area contributed by atoms with Crippen LogP contribution in [0.5, 0.6) is 0 Å². The highest BCUT2D eigenvalue weighted by molar-refractivity contribution is 7.16. The van der Waals surface area contributed by atoms with E-state index < -0.39 is 6.10 Å². The van der Waals surface area contributed by atoms with E-state index in [9.17, 15) is 9.90 Å². The van der Waals surface area contributed by atoms with E-state index in [-0.39, 0.29) is 12.1 Å². The second-order valence-corrected chi connectivity index (χ2v) is 5.94. The predicted molar refractivity (Wildman–Crippen MR) is 77.6 cm³/mol. The first-order valence-electron chi connectivity index (χ1n) is 6.39. The zero-order chi connectivity index (χ0) is 13.8. The number of fused-ring (bicyclic) bond motifs is 1. The van der Waals surface area contributed by atoms with Gasteiger partial charge in [-0.3, -0.25) is 9.36 Å². The average molecular weight is 281 g/mol. The summed E-state index contributed by atoms with van der Waals surface area (Å²) in [5, 5.41) is 15.6. The van der Waals surface area contributed by atoms with Crippen LogP contribution in [-0.2, 0) is 6.54 Å². The van der Waals surface area contributed by atoms with E-state index in [0.717, 1.165) is 11.4 Å². The number of aromatic nitrogens is 2. The second-order valence-electron chi connectivity index (χ2n) is 5.05. The highest BCUT2D eigenvalue weighted by Gasteiger charge is 2.09. The van der Waals surface area contributed by atoms with Gasteiger partial charge in [0.2, 0.25) is 0 Å². The van der Waals surface area contributed by atoms with Gasteiger partial charge in [0.15, 0.2) is 0 Å². The van der Waals surface area contributed by atoms with E-state index in [0.29, 0.717) is 17.8 Å². The first-order valence-corrected chi connectivity index (χ1v) is 7.27. The number of hydrogen-bond acceptors (Lipinski definition) is 5. The smallest absolute Gasteiger partial charge is 0.262 e. The summed E-state index contributed by atoms with van der Waals surface area (Å²) in [7, 11) is 0. The van der Waals surface area contributed by atoms with Crippen LogP contribution in [-0.4, -0.2) is 33.9 Å². The Labute approximate surface area is 115 Å². The molecule has 0 aliphatic carbocycles. The molecule has 6 heteroatoms. The summed E-state index contributed by atoms with van der Waals surface area (Å²) < 4.78 is 1.47. The Morgan fingerprint density at radius 1 is 1.47 bits per heavy atom. The molecule has 0 radical (unpaired) electrons. The third kappa shape index (κ3) is 3.62. The molecule has 2 N–H and O–H groups in total. The van der Waals surface area contributed by atoms with Crippen LogP contribution < -0.4 is 10.9 Å². The van der Waals surface area contributed by atoms with Gasteiger partial charge in [0.1, 0.15) is 4.83 Å². The first-order chi connectivity index (χ1) is 9.08. The summed E-state index contributed by atoms with van der Waals surface area (Å²) >= 11 is 1.45. The molecule has 19 heavy (non-hydrogen) atoms. The molecule has 0 aliphatic rings. The van der Waals surface area contributed by atoms with Crippen LogP contribution in [0.25, 0.3) is 10.2 Å². The van der Waals surface area contributed by atoms with E-state index >= 15 is 0 Å². The van der Waals surface area contributed by atoms with Gasteiger partial charge in [-0.25, -0.2) is 4.98 Å². The lowest BCUT2D eigenvalue weighted by Crippen LogP contribution is -2.35. The van der Waals surface area contributed by atoms with Crippen molar-refractivity contribution in [1.29, 1.82) is 0 Å². The minimum absolute atomic E-state index is 0.0887. The number of nitrogens with one attached hydrogen (secondary N) is 1. The van der Waals surface area contributed by atoms with Crippen LogP contribution in [0.3, 0.4) is 0 Å². The number of hydrogen-bond donors (Lipinski definition) is 2. The molecule has 0 spiro atoms. The maximum absolute atomic E-state index is 12.1. The molecule has 2 aromatic rings. The molecule has 0 amide bonds. The molecule has 1 unspecified atom stereocenters. The summed E-state index contributed by atoms with van der Waals surface area (Å²) in [4.78, 5) is 17.1. The molecule has 1 atom stereocenters. The molecule has 2 rings (SSSR count). The van der Waals surface area contributed by atoms with Gasteiger partial charge in [0.05, 0.1) is 24.4 Å². The van der Waals surface area contributed by atoms with Crippen LogP contribution in [0.4, 0.5) is 0 Å². The summed E-state index contributed by atoms with van der Waals surface area (Å²) in [5.41, 5.74) is -0.0887. The fraction of sp³-hybridized carbons (Fsp3) is 0.538. The molecule has 2 heterocycles. The van der Waals surface area contributed by atoms with Crippen molar-refractivity contribution in [3.05, 3.63) is 28.1 Å². The van der Waals surface area contributed by atoms with Gasteiger partial charge in [-0.2, -0.15) is 0 Å². The van der Waals surface area contributed by atoms with E-state index in [1.54, 1.807) is 6.07 Å². The number of aliphatic hydroxyl groups excluding tert-OH is 1. The number of nitrogens with zero attached hydrogens (tertiary/aromatic N) is 2. The fourth-order valence-electron chi connectivity index (χ4n) is 1.85. The molecule has 0 fully saturated rings. The third-order valence-corrected chi connectivity index (χ3v) is 3.61. The molecular formula is C13H19N3O2S. The zero-order valence-electron chi connectivity index (χ0n) is 11.2. The molecule has 5 nitrogen and oxygen atoms in total. The largest absolute Gasteiger partial charge is 0.390 e. The van der Waals surface area contributed by atoms with E-state index in [4.69, 9.17) is 0 Å². The van der Waals surface area contributed by atoms with E-state index in [2.05, 4.69) is 24.1 Å².